The van der Waals surface area contributed by atoms with Crippen LogP contribution in [0.25, 0.3) is 34.0 Å². The molecular formula is C33H32FN3O9. The van der Waals surface area contributed by atoms with Gasteiger partial charge in [0.1, 0.15) is 5.82 Å². The number of likely N-dealkylation sites (tertiary alicyclic amines) is 1. The second kappa shape index (κ2) is 14.7. The van der Waals surface area contributed by atoms with Gasteiger partial charge in [0.15, 0.2) is 0 Å². The van der Waals surface area contributed by atoms with E-state index >= 15 is 0 Å². The van der Waals surface area contributed by atoms with E-state index in [1.54, 1.807) is 19.1 Å². The Morgan fingerprint density at radius 3 is 2.26 bits per heavy atom. The lowest BCUT2D eigenvalue weighted by molar-refractivity contribution is -0.273. The number of halogens is 1. The molecule has 5 rings (SSSR count). The van der Waals surface area contributed by atoms with Crippen molar-refractivity contribution in [2.24, 2.45) is 0 Å². The van der Waals surface area contributed by atoms with Gasteiger partial charge in [0.05, 0.1) is 7.11 Å². The van der Waals surface area contributed by atoms with E-state index in [4.69, 9.17) is 14.0 Å². The number of aromatic nitrogens is 2. The maximum absolute atomic E-state index is 14.9. The fourth-order valence-corrected chi connectivity index (χ4v) is 4.94. The Labute approximate surface area is 263 Å². The van der Waals surface area contributed by atoms with Gasteiger partial charge >= 0.3 is 18.3 Å². The summed E-state index contributed by atoms with van der Waals surface area (Å²) in [6.45, 7) is 3.12. The summed E-state index contributed by atoms with van der Waals surface area (Å²) in [6, 6.07) is 21.6. The van der Waals surface area contributed by atoms with Crippen LogP contribution < -0.4 is 0 Å². The minimum absolute atomic E-state index is 0.0638. The summed E-state index contributed by atoms with van der Waals surface area (Å²) < 4.78 is 35.5. The van der Waals surface area contributed by atoms with Crippen LogP contribution >= 0.6 is 0 Å². The zero-order valence-corrected chi connectivity index (χ0v) is 25.3. The van der Waals surface area contributed by atoms with Crippen molar-refractivity contribution in [1.82, 2.24) is 15.0 Å². The predicted molar refractivity (Wildman–Crippen MR) is 160 cm³/mol. The summed E-state index contributed by atoms with van der Waals surface area (Å²) in [7, 11) is 1.14. The van der Waals surface area contributed by atoms with Crippen molar-refractivity contribution in [3.8, 4) is 34.0 Å². The predicted octanol–water partition coefficient (Wildman–Crippen LogP) is 6.70. The minimum Gasteiger partial charge on any atom is -0.438 e. The highest BCUT2D eigenvalue weighted by atomic mass is 19.1. The van der Waals surface area contributed by atoms with Gasteiger partial charge in [-0.25, -0.2) is 23.8 Å². The van der Waals surface area contributed by atoms with Gasteiger partial charge in [-0.2, -0.15) is 9.78 Å². The second-order valence-corrected chi connectivity index (χ2v) is 10.6. The summed E-state index contributed by atoms with van der Waals surface area (Å²) in [6.07, 6.45) is -1.52. The van der Waals surface area contributed by atoms with Crippen molar-refractivity contribution in [1.29, 1.82) is 0 Å². The van der Waals surface area contributed by atoms with E-state index in [2.05, 4.69) is 29.6 Å². The standard InChI is InChI=1S/C33H32FN3O9/c1-3-7-28(38)45-46-32(40)43-33(42-31(39)41-2)16-18-37(19-17-33)21-22-10-12-24(13-11-22)29-35-30(44-36-29)25-14-15-26(27(34)20-25)23-8-5-4-6-9-23/h4-6,8-15,20H,3,7,16-19,21H2,1-2H3. The fourth-order valence-electron chi connectivity index (χ4n) is 4.94. The van der Waals surface area contributed by atoms with Crippen LogP contribution in [0, 0.1) is 5.82 Å². The van der Waals surface area contributed by atoms with Crippen molar-refractivity contribution in [3.63, 3.8) is 0 Å². The highest BCUT2D eigenvalue weighted by molar-refractivity contribution is 5.70. The first kappa shape index (κ1) is 32.1. The number of carbonyl (C=O) groups excluding carboxylic acids is 3. The molecule has 0 bridgehead atoms. The molecule has 2 heterocycles. The molecule has 1 aromatic heterocycles. The first-order valence-corrected chi connectivity index (χ1v) is 14.7. The third-order valence-electron chi connectivity index (χ3n) is 7.33. The van der Waals surface area contributed by atoms with Gasteiger partial charge in [-0.05, 0) is 29.7 Å². The smallest absolute Gasteiger partial charge is 0.438 e. The van der Waals surface area contributed by atoms with Gasteiger partial charge < -0.3 is 18.7 Å². The molecule has 0 saturated carbocycles. The van der Waals surface area contributed by atoms with Gasteiger partial charge in [0, 0.05) is 55.6 Å². The normalized spacial score (nSPS) is 14.2. The largest absolute Gasteiger partial charge is 0.553 e. The van der Waals surface area contributed by atoms with Gasteiger partial charge in [-0.3, -0.25) is 4.90 Å². The number of benzene rings is 3. The molecule has 1 saturated heterocycles. The number of ether oxygens (including phenoxy) is 3. The van der Waals surface area contributed by atoms with Gasteiger partial charge in [-0.1, -0.05) is 72.7 Å². The van der Waals surface area contributed by atoms with Gasteiger partial charge in [0.2, 0.25) is 5.82 Å². The van der Waals surface area contributed by atoms with E-state index in [0.717, 1.165) is 23.8 Å². The van der Waals surface area contributed by atoms with E-state index in [0.29, 0.717) is 43.0 Å². The quantitative estimate of drug-likeness (QED) is 0.0839. The monoisotopic (exact) mass is 633 g/mol. The molecule has 0 amide bonds. The van der Waals surface area contributed by atoms with Crippen LogP contribution in [0.15, 0.2) is 77.3 Å². The molecule has 1 aliphatic heterocycles. The van der Waals surface area contributed by atoms with Gasteiger partial charge in [-0.15, -0.1) is 0 Å². The fraction of sp³-hybridized carbons (Fsp3) is 0.303. The molecular weight excluding hydrogens is 601 g/mol. The molecule has 3 aromatic carbocycles. The number of piperidine rings is 1. The van der Waals surface area contributed by atoms with Gasteiger partial charge in [0.25, 0.3) is 11.7 Å². The Bertz CT molecular complexity index is 1650. The van der Waals surface area contributed by atoms with Crippen molar-refractivity contribution >= 4 is 18.3 Å². The molecule has 0 radical (unpaired) electrons. The molecule has 0 N–H and O–H groups in total. The third-order valence-corrected chi connectivity index (χ3v) is 7.33. The number of rotatable bonds is 9. The van der Waals surface area contributed by atoms with Crippen molar-refractivity contribution in [2.45, 2.75) is 44.9 Å². The van der Waals surface area contributed by atoms with Crippen molar-refractivity contribution in [3.05, 3.63) is 84.2 Å². The average molecular weight is 634 g/mol. The molecule has 4 aromatic rings. The van der Waals surface area contributed by atoms with Crippen LogP contribution in [0.2, 0.25) is 0 Å². The van der Waals surface area contributed by atoms with Crippen LogP contribution in [0.4, 0.5) is 14.0 Å². The molecule has 13 heteroatoms. The van der Waals surface area contributed by atoms with Crippen LogP contribution in [0.1, 0.15) is 38.2 Å². The van der Waals surface area contributed by atoms with Crippen LogP contribution in [-0.4, -0.2) is 59.3 Å². The van der Waals surface area contributed by atoms with Crippen LogP contribution in [0.3, 0.4) is 0 Å². The van der Waals surface area contributed by atoms with E-state index in [1.165, 1.54) is 6.07 Å². The lowest BCUT2D eigenvalue weighted by Crippen LogP contribution is -2.49. The molecule has 0 atom stereocenters. The second-order valence-electron chi connectivity index (χ2n) is 10.6. The number of carbonyl (C=O) groups is 3. The highest BCUT2D eigenvalue weighted by Crippen LogP contribution is 2.31. The Kier molecular flexibility index (Phi) is 10.2. The average Bonchev–Trinajstić information content (AvgIpc) is 3.56. The molecule has 0 aliphatic carbocycles. The molecule has 0 unspecified atom stereocenters. The number of hydrogen-bond donors (Lipinski definition) is 0. The molecule has 46 heavy (non-hydrogen) atoms. The summed E-state index contributed by atoms with van der Waals surface area (Å²) in [5, 5.41) is 4.07. The van der Waals surface area contributed by atoms with E-state index in [9.17, 15) is 18.8 Å². The molecule has 0 spiro atoms. The molecule has 1 fully saturated rings. The maximum atomic E-state index is 14.9. The Morgan fingerprint density at radius 1 is 0.891 bits per heavy atom. The first-order valence-electron chi connectivity index (χ1n) is 14.7. The van der Waals surface area contributed by atoms with Crippen molar-refractivity contribution in [2.75, 3.05) is 20.2 Å². The Morgan fingerprint density at radius 2 is 1.59 bits per heavy atom. The Balaban J connectivity index is 1.18. The molecule has 1 aliphatic rings. The van der Waals surface area contributed by atoms with Crippen LogP contribution in [0.5, 0.6) is 0 Å². The van der Waals surface area contributed by atoms with Crippen LogP contribution in [-0.2, 0) is 35.3 Å². The Hall–Kier alpha value is -5.30. The molecule has 240 valence electrons. The van der Waals surface area contributed by atoms with E-state index in [1.807, 2.05) is 54.6 Å². The maximum Gasteiger partial charge on any atom is 0.553 e. The summed E-state index contributed by atoms with van der Waals surface area (Å²) in [5.74, 6) is -2.20. The molecule has 12 nitrogen and oxygen atoms in total. The minimum atomic E-state index is -1.65. The van der Waals surface area contributed by atoms with E-state index in [-0.39, 0.29) is 31.0 Å². The first-order chi connectivity index (χ1) is 22.3. The number of hydrogen-bond acceptors (Lipinski definition) is 12. The zero-order valence-electron chi connectivity index (χ0n) is 25.3. The lowest BCUT2D eigenvalue weighted by Gasteiger charge is -2.39. The summed E-state index contributed by atoms with van der Waals surface area (Å²) in [5.41, 5.74) is 3.43. The highest BCUT2D eigenvalue weighted by Gasteiger charge is 2.43. The van der Waals surface area contributed by atoms with E-state index < -0.39 is 24.1 Å². The number of nitrogens with zero attached hydrogens (tertiary/aromatic N) is 3. The topological polar surface area (TPSA) is 140 Å². The zero-order chi connectivity index (χ0) is 32.5. The van der Waals surface area contributed by atoms with Crippen molar-refractivity contribution < 1.29 is 47.3 Å². The lowest BCUT2D eigenvalue weighted by atomic mass is 10.0. The summed E-state index contributed by atoms with van der Waals surface area (Å²) in [4.78, 5) is 51.0. The third kappa shape index (κ3) is 8.04. The summed E-state index contributed by atoms with van der Waals surface area (Å²) >= 11 is 0. The number of methoxy groups -OCH3 is 1. The SMILES string of the molecule is CCCC(=O)OOC(=O)OC1(OC(=O)OC)CCN(Cc2ccc(-c3noc(-c4ccc(-c5ccccc5)c(F)c4)n3)cc2)CC1.